The van der Waals surface area contributed by atoms with Crippen LogP contribution in [0.5, 0.6) is 5.75 Å². The number of aliphatic hydroxyl groups is 1. The average Bonchev–Trinajstić information content (AvgIpc) is 2.66. The molecule has 1 fully saturated rings. The highest BCUT2D eigenvalue weighted by Gasteiger charge is 2.44. The number of nitrogens with zero attached hydrogens (tertiary/aromatic N) is 1. The Morgan fingerprint density at radius 1 is 1.22 bits per heavy atom. The molecule has 0 aromatic heterocycles. The third-order valence-corrected chi connectivity index (χ3v) is 5.64. The standard InChI is InChI=1S/C23H28ClNO2/c1-25(2)16-20-8-4-6-18(14-17-10-12-21(24)13-11-17)23(20,26)19-7-5-9-22(15-19)27-3/h5,7,9-15,20,26H,4,6,8,16H2,1-3H3/b18-14-. The van der Waals surface area contributed by atoms with Gasteiger partial charge in [-0.3, -0.25) is 0 Å². The van der Waals surface area contributed by atoms with Crippen molar-refractivity contribution in [1.82, 2.24) is 4.90 Å². The molecule has 2 unspecified atom stereocenters. The van der Waals surface area contributed by atoms with E-state index in [4.69, 9.17) is 16.3 Å². The van der Waals surface area contributed by atoms with Crippen molar-refractivity contribution in [2.75, 3.05) is 27.7 Å². The fourth-order valence-corrected chi connectivity index (χ4v) is 4.21. The van der Waals surface area contributed by atoms with E-state index in [0.29, 0.717) is 5.02 Å². The molecule has 0 aliphatic heterocycles. The normalized spacial score (nSPS) is 24.4. The van der Waals surface area contributed by atoms with E-state index in [2.05, 4.69) is 25.1 Å². The van der Waals surface area contributed by atoms with Gasteiger partial charge < -0.3 is 14.7 Å². The van der Waals surface area contributed by atoms with Gasteiger partial charge in [-0.25, -0.2) is 0 Å². The molecule has 3 rings (SSSR count). The molecule has 2 aromatic carbocycles. The van der Waals surface area contributed by atoms with E-state index in [0.717, 1.165) is 48.3 Å². The number of rotatable bonds is 5. The lowest BCUT2D eigenvalue weighted by Gasteiger charge is -2.44. The minimum Gasteiger partial charge on any atom is -0.497 e. The van der Waals surface area contributed by atoms with Crippen LogP contribution >= 0.6 is 11.6 Å². The van der Waals surface area contributed by atoms with Crippen LogP contribution in [0, 0.1) is 5.92 Å². The van der Waals surface area contributed by atoms with Gasteiger partial charge in [-0.1, -0.05) is 41.9 Å². The smallest absolute Gasteiger partial charge is 0.119 e. The molecule has 0 amide bonds. The molecule has 0 radical (unpaired) electrons. The van der Waals surface area contributed by atoms with Gasteiger partial charge in [-0.05, 0) is 74.3 Å². The van der Waals surface area contributed by atoms with Crippen LogP contribution in [0.1, 0.15) is 30.4 Å². The summed E-state index contributed by atoms with van der Waals surface area (Å²) in [6.45, 7) is 0.825. The average molecular weight is 386 g/mol. The summed E-state index contributed by atoms with van der Waals surface area (Å²) >= 11 is 6.03. The molecule has 144 valence electrons. The Morgan fingerprint density at radius 2 is 1.96 bits per heavy atom. The Kier molecular flexibility index (Phi) is 6.25. The van der Waals surface area contributed by atoms with Crippen LogP contribution in [-0.2, 0) is 5.60 Å². The predicted octanol–water partition coefficient (Wildman–Crippen LogP) is 4.98. The van der Waals surface area contributed by atoms with Crippen molar-refractivity contribution in [2.45, 2.75) is 24.9 Å². The van der Waals surface area contributed by atoms with E-state index in [1.54, 1.807) is 7.11 Å². The van der Waals surface area contributed by atoms with E-state index in [9.17, 15) is 5.11 Å². The van der Waals surface area contributed by atoms with Crippen LogP contribution < -0.4 is 4.74 Å². The van der Waals surface area contributed by atoms with Crippen molar-refractivity contribution >= 4 is 17.7 Å². The minimum absolute atomic E-state index is 0.118. The molecule has 1 aliphatic carbocycles. The maximum Gasteiger partial charge on any atom is 0.119 e. The second kappa shape index (κ2) is 8.47. The summed E-state index contributed by atoms with van der Waals surface area (Å²) < 4.78 is 5.42. The molecule has 0 heterocycles. The summed E-state index contributed by atoms with van der Waals surface area (Å²) in [5, 5.41) is 12.8. The van der Waals surface area contributed by atoms with Gasteiger partial charge in [0, 0.05) is 17.5 Å². The monoisotopic (exact) mass is 385 g/mol. The second-order valence-electron chi connectivity index (χ2n) is 7.57. The number of benzene rings is 2. The van der Waals surface area contributed by atoms with Gasteiger partial charge in [0.15, 0.2) is 0 Å². The Bertz CT molecular complexity index is 800. The van der Waals surface area contributed by atoms with Crippen molar-refractivity contribution in [1.29, 1.82) is 0 Å². The van der Waals surface area contributed by atoms with Gasteiger partial charge in [-0.15, -0.1) is 0 Å². The van der Waals surface area contributed by atoms with Crippen LogP contribution in [-0.4, -0.2) is 37.8 Å². The Balaban J connectivity index is 2.10. The number of ether oxygens (including phenoxy) is 1. The number of hydrogen-bond acceptors (Lipinski definition) is 3. The molecule has 0 bridgehead atoms. The molecule has 1 aliphatic rings. The number of methoxy groups -OCH3 is 1. The van der Waals surface area contributed by atoms with Crippen LogP contribution in [0.4, 0.5) is 0 Å². The topological polar surface area (TPSA) is 32.7 Å². The molecule has 0 spiro atoms. The van der Waals surface area contributed by atoms with Gasteiger partial charge in [0.05, 0.1) is 7.11 Å². The summed E-state index contributed by atoms with van der Waals surface area (Å²) in [5.74, 6) is 0.882. The van der Waals surface area contributed by atoms with Crippen LogP contribution in [0.2, 0.25) is 5.02 Å². The summed E-state index contributed by atoms with van der Waals surface area (Å²) in [7, 11) is 5.78. The maximum atomic E-state index is 12.1. The van der Waals surface area contributed by atoms with Crippen LogP contribution in [0.3, 0.4) is 0 Å². The summed E-state index contributed by atoms with van der Waals surface area (Å²) in [4.78, 5) is 2.15. The fraction of sp³-hybridized carbons (Fsp3) is 0.391. The molecule has 2 atom stereocenters. The fourth-order valence-electron chi connectivity index (χ4n) is 4.09. The molecular formula is C23H28ClNO2. The Morgan fingerprint density at radius 3 is 2.63 bits per heavy atom. The first-order valence-electron chi connectivity index (χ1n) is 9.41. The van der Waals surface area contributed by atoms with Crippen molar-refractivity contribution < 1.29 is 9.84 Å². The van der Waals surface area contributed by atoms with Crippen LogP contribution in [0.15, 0.2) is 54.1 Å². The molecule has 27 heavy (non-hydrogen) atoms. The summed E-state index contributed by atoms with van der Waals surface area (Å²) in [6, 6.07) is 15.6. The zero-order valence-corrected chi connectivity index (χ0v) is 17.0. The van der Waals surface area contributed by atoms with E-state index >= 15 is 0 Å². The Labute approximate surface area is 167 Å². The highest BCUT2D eigenvalue weighted by Crippen LogP contribution is 2.47. The van der Waals surface area contributed by atoms with Crippen molar-refractivity contribution in [3.8, 4) is 5.75 Å². The van der Waals surface area contributed by atoms with Gasteiger partial charge in [0.25, 0.3) is 0 Å². The summed E-state index contributed by atoms with van der Waals surface area (Å²) in [5.41, 5.74) is 1.99. The molecule has 1 saturated carbocycles. The molecule has 3 nitrogen and oxygen atoms in total. The number of halogens is 1. The number of hydrogen-bond donors (Lipinski definition) is 1. The zero-order chi connectivity index (χ0) is 19.4. The lowest BCUT2D eigenvalue weighted by molar-refractivity contribution is -0.0175. The van der Waals surface area contributed by atoms with Gasteiger partial charge >= 0.3 is 0 Å². The lowest BCUT2D eigenvalue weighted by atomic mass is 9.67. The highest BCUT2D eigenvalue weighted by molar-refractivity contribution is 6.30. The van der Waals surface area contributed by atoms with E-state index in [-0.39, 0.29) is 5.92 Å². The van der Waals surface area contributed by atoms with Gasteiger partial charge in [0.1, 0.15) is 11.4 Å². The lowest BCUT2D eigenvalue weighted by Crippen LogP contribution is -2.44. The third-order valence-electron chi connectivity index (χ3n) is 5.39. The first-order chi connectivity index (χ1) is 12.9. The molecule has 4 heteroatoms. The van der Waals surface area contributed by atoms with Crippen molar-refractivity contribution in [3.05, 3.63) is 70.3 Å². The van der Waals surface area contributed by atoms with Gasteiger partial charge in [0.2, 0.25) is 0 Å². The molecule has 2 aromatic rings. The van der Waals surface area contributed by atoms with Crippen LogP contribution in [0.25, 0.3) is 6.08 Å². The van der Waals surface area contributed by atoms with E-state index in [1.807, 2.05) is 48.5 Å². The molecular weight excluding hydrogens is 358 g/mol. The predicted molar refractivity (Wildman–Crippen MR) is 112 cm³/mol. The van der Waals surface area contributed by atoms with E-state index < -0.39 is 5.60 Å². The van der Waals surface area contributed by atoms with E-state index in [1.165, 1.54) is 0 Å². The van der Waals surface area contributed by atoms with Gasteiger partial charge in [-0.2, -0.15) is 0 Å². The first-order valence-corrected chi connectivity index (χ1v) is 9.79. The maximum absolute atomic E-state index is 12.1. The minimum atomic E-state index is -1.02. The first kappa shape index (κ1) is 19.9. The quantitative estimate of drug-likeness (QED) is 0.787. The second-order valence-corrected chi connectivity index (χ2v) is 8.01. The largest absolute Gasteiger partial charge is 0.497 e. The molecule has 1 N–H and O–H groups in total. The molecule has 0 saturated heterocycles. The van der Waals surface area contributed by atoms with Crippen molar-refractivity contribution in [3.63, 3.8) is 0 Å². The van der Waals surface area contributed by atoms with Crippen molar-refractivity contribution in [2.24, 2.45) is 5.92 Å². The SMILES string of the molecule is COc1cccc(C2(O)/C(=C\c3ccc(Cl)cc3)CCCC2CN(C)C)c1. The third kappa shape index (κ3) is 4.37. The Hall–Kier alpha value is -1.81. The summed E-state index contributed by atoms with van der Waals surface area (Å²) in [6.07, 6.45) is 5.06. The highest BCUT2D eigenvalue weighted by atomic mass is 35.5. The zero-order valence-electron chi connectivity index (χ0n) is 16.3.